The van der Waals surface area contributed by atoms with Crippen molar-refractivity contribution in [2.24, 2.45) is 0 Å². The SMILES string of the molecule is Cc1cc(C)c(S(=O)(=O)Nc2nc3ccc(S(C)(=O)=O)cc3s2)cc1C. The van der Waals surface area contributed by atoms with E-state index in [0.29, 0.717) is 15.8 Å². The zero-order valence-corrected chi connectivity index (χ0v) is 17.1. The van der Waals surface area contributed by atoms with Crippen molar-refractivity contribution in [3.63, 3.8) is 0 Å². The summed E-state index contributed by atoms with van der Waals surface area (Å²) in [6.45, 7) is 5.54. The van der Waals surface area contributed by atoms with Gasteiger partial charge in [0, 0.05) is 6.26 Å². The molecule has 1 aromatic heterocycles. The molecule has 6 nitrogen and oxygen atoms in total. The van der Waals surface area contributed by atoms with Crippen molar-refractivity contribution in [2.45, 2.75) is 30.6 Å². The first-order valence-corrected chi connectivity index (χ1v) is 11.9. The third-order valence-corrected chi connectivity index (χ3v) is 7.74. The molecule has 2 aromatic carbocycles. The summed E-state index contributed by atoms with van der Waals surface area (Å²) in [5.74, 6) is 0. The van der Waals surface area contributed by atoms with E-state index in [0.717, 1.165) is 28.7 Å². The van der Waals surface area contributed by atoms with Crippen molar-refractivity contribution in [1.82, 2.24) is 4.98 Å². The Morgan fingerprint density at radius 3 is 2.23 bits per heavy atom. The number of fused-ring (bicyclic) bond motifs is 1. The monoisotopic (exact) mass is 410 g/mol. The smallest absolute Gasteiger partial charge is 0.255 e. The molecule has 1 heterocycles. The Bertz CT molecular complexity index is 1230. The molecule has 0 fully saturated rings. The van der Waals surface area contributed by atoms with E-state index in [1.165, 1.54) is 12.1 Å². The number of nitrogens with zero attached hydrogens (tertiary/aromatic N) is 1. The largest absolute Gasteiger partial charge is 0.263 e. The molecule has 0 aliphatic rings. The predicted octanol–water partition coefficient (Wildman–Crippen LogP) is 3.43. The molecule has 0 amide bonds. The maximum absolute atomic E-state index is 12.7. The summed E-state index contributed by atoms with van der Waals surface area (Å²) in [5, 5.41) is 0.197. The fraction of sp³-hybridized carbons (Fsp3) is 0.235. The number of sulfonamides is 1. The number of benzene rings is 2. The summed E-state index contributed by atoms with van der Waals surface area (Å²) in [6, 6.07) is 8.01. The molecule has 3 rings (SSSR count). The minimum Gasteiger partial charge on any atom is -0.255 e. The second-order valence-corrected chi connectivity index (χ2v) is 10.9. The highest BCUT2D eigenvalue weighted by Crippen LogP contribution is 2.30. The molecule has 0 spiro atoms. The first-order valence-electron chi connectivity index (χ1n) is 7.69. The van der Waals surface area contributed by atoms with E-state index in [1.54, 1.807) is 19.1 Å². The van der Waals surface area contributed by atoms with Crippen molar-refractivity contribution in [3.05, 3.63) is 47.0 Å². The molecule has 1 N–H and O–H groups in total. The standard InChI is InChI=1S/C17H18N2O4S3/c1-10-7-12(3)16(8-11(10)2)26(22,23)19-17-18-14-6-5-13(25(4,20)21)9-15(14)24-17/h5-9H,1-4H3,(H,18,19). The van der Waals surface area contributed by atoms with Gasteiger partial charge in [-0.2, -0.15) is 0 Å². The zero-order valence-electron chi connectivity index (χ0n) is 14.7. The van der Waals surface area contributed by atoms with Crippen molar-refractivity contribution in [2.75, 3.05) is 11.0 Å². The molecule has 0 radical (unpaired) electrons. The number of anilines is 1. The summed E-state index contributed by atoms with van der Waals surface area (Å²) in [6.07, 6.45) is 1.13. The van der Waals surface area contributed by atoms with E-state index in [-0.39, 0.29) is 14.9 Å². The van der Waals surface area contributed by atoms with E-state index in [4.69, 9.17) is 0 Å². The second kappa shape index (κ2) is 6.33. The fourth-order valence-electron chi connectivity index (χ4n) is 2.57. The van der Waals surface area contributed by atoms with Crippen molar-refractivity contribution >= 4 is 46.5 Å². The van der Waals surface area contributed by atoms with E-state index < -0.39 is 19.9 Å². The lowest BCUT2D eigenvalue weighted by atomic mass is 10.1. The quantitative estimate of drug-likeness (QED) is 0.711. The summed E-state index contributed by atoms with van der Waals surface area (Å²) in [5.41, 5.74) is 3.10. The average Bonchev–Trinajstić information content (AvgIpc) is 2.90. The highest BCUT2D eigenvalue weighted by atomic mass is 32.2. The topological polar surface area (TPSA) is 93.2 Å². The van der Waals surface area contributed by atoms with Crippen LogP contribution in [-0.4, -0.2) is 28.1 Å². The van der Waals surface area contributed by atoms with Crippen LogP contribution in [-0.2, 0) is 19.9 Å². The van der Waals surface area contributed by atoms with Gasteiger partial charge in [0.1, 0.15) is 0 Å². The lowest BCUT2D eigenvalue weighted by molar-refractivity contribution is 0.599. The lowest BCUT2D eigenvalue weighted by Crippen LogP contribution is -2.14. The minimum atomic E-state index is -3.79. The molecular weight excluding hydrogens is 392 g/mol. The third kappa shape index (κ3) is 3.60. The van der Waals surface area contributed by atoms with Gasteiger partial charge >= 0.3 is 0 Å². The van der Waals surface area contributed by atoms with Crippen molar-refractivity contribution < 1.29 is 16.8 Å². The minimum absolute atomic E-state index is 0.174. The van der Waals surface area contributed by atoms with Gasteiger partial charge in [-0.15, -0.1) is 0 Å². The van der Waals surface area contributed by atoms with Crippen LogP contribution in [0.1, 0.15) is 16.7 Å². The molecule has 0 atom stereocenters. The Labute approximate surface area is 156 Å². The summed E-state index contributed by atoms with van der Waals surface area (Å²) in [4.78, 5) is 4.63. The van der Waals surface area contributed by atoms with Crippen LogP contribution in [0.25, 0.3) is 10.2 Å². The number of rotatable bonds is 4. The van der Waals surface area contributed by atoms with Crippen LogP contribution in [0.15, 0.2) is 40.1 Å². The van der Waals surface area contributed by atoms with E-state index in [1.807, 2.05) is 19.9 Å². The lowest BCUT2D eigenvalue weighted by Gasteiger charge is -2.11. The van der Waals surface area contributed by atoms with Crippen molar-refractivity contribution in [3.8, 4) is 0 Å². The summed E-state index contributed by atoms with van der Waals surface area (Å²) in [7, 11) is -7.13. The fourth-order valence-corrected chi connectivity index (χ4v) is 5.75. The van der Waals surface area contributed by atoms with Gasteiger partial charge in [0.25, 0.3) is 10.0 Å². The molecular formula is C17H18N2O4S3. The average molecular weight is 411 g/mol. The normalized spacial score (nSPS) is 12.5. The molecule has 0 saturated heterocycles. The van der Waals surface area contributed by atoms with E-state index in [2.05, 4.69) is 9.71 Å². The zero-order chi connectivity index (χ0) is 19.3. The van der Waals surface area contributed by atoms with Crippen LogP contribution in [0.3, 0.4) is 0 Å². The number of nitrogens with one attached hydrogen (secondary N) is 1. The molecule has 138 valence electrons. The van der Waals surface area contributed by atoms with Crippen LogP contribution < -0.4 is 4.72 Å². The number of aromatic nitrogens is 1. The third-order valence-electron chi connectivity index (χ3n) is 4.09. The number of thiazole rings is 1. The van der Waals surface area contributed by atoms with Crippen LogP contribution >= 0.6 is 11.3 Å². The Morgan fingerprint density at radius 1 is 0.923 bits per heavy atom. The molecule has 0 aliphatic carbocycles. The maximum atomic E-state index is 12.7. The summed E-state index contributed by atoms with van der Waals surface area (Å²) >= 11 is 1.10. The number of aryl methyl sites for hydroxylation is 3. The second-order valence-electron chi connectivity index (χ2n) is 6.23. The van der Waals surface area contributed by atoms with Crippen molar-refractivity contribution in [1.29, 1.82) is 0 Å². The highest BCUT2D eigenvalue weighted by Gasteiger charge is 2.20. The Kier molecular flexibility index (Phi) is 4.58. The van der Waals surface area contributed by atoms with Gasteiger partial charge in [0.2, 0.25) is 0 Å². The van der Waals surface area contributed by atoms with Gasteiger partial charge in [-0.1, -0.05) is 17.4 Å². The van der Waals surface area contributed by atoms with Gasteiger partial charge < -0.3 is 0 Å². The predicted molar refractivity (Wildman–Crippen MR) is 104 cm³/mol. The Morgan fingerprint density at radius 2 is 1.58 bits per heavy atom. The summed E-state index contributed by atoms with van der Waals surface area (Å²) < 4.78 is 51.9. The van der Waals surface area contributed by atoms with Crippen LogP contribution in [0.2, 0.25) is 0 Å². The first kappa shape index (κ1) is 18.8. The highest BCUT2D eigenvalue weighted by molar-refractivity contribution is 7.93. The Hall–Kier alpha value is -1.97. The molecule has 9 heteroatoms. The van der Waals surface area contributed by atoms with Gasteiger partial charge in [-0.05, 0) is 61.7 Å². The number of hydrogen-bond donors (Lipinski definition) is 1. The Balaban J connectivity index is 2.01. The first-order chi connectivity index (χ1) is 12.0. The number of hydrogen-bond acceptors (Lipinski definition) is 6. The molecule has 0 bridgehead atoms. The van der Waals surface area contributed by atoms with Gasteiger partial charge in [0.15, 0.2) is 15.0 Å². The molecule has 3 aromatic rings. The van der Waals surface area contributed by atoms with Gasteiger partial charge in [-0.3, -0.25) is 4.72 Å². The number of sulfone groups is 1. The molecule has 0 aliphatic heterocycles. The van der Waals surface area contributed by atoms with Crippen LogP contribution in [0.5, 0.6) is 0 Å². The molecule has 0 unspecified atom stereocenters. The van der Waals surface area contributed by atoms with Crippen LogP contribution in [0.4, 0.5) is 5.13 Å². The van der Waals surface area contributed by atoms with Gasteiger partial charge in [-0.25, -0.2) is 21.8 Å². The van der Waals surface area contributed by atoms with Crippen LogP contribution in [0, 0.1) is 20.8 Å². The molecule has 26 heavy (non-hydrogen) atoms. The van der Waals surface area contributed by atoms with E-state index >= 15 is 0 Å². The van der Waals surface area contributed by atoms with Gasteiger partial charge in [0.05, 0.1) is 20.0 Å². The molecule has 0 saturated carbocycles. The van der Waals surface area contributed by atoms with E-state index in [9.17, 15) is 16.8 Å². The maximum Gasteiger partial charge on any atom is 0.263 e.